The number of pyridine rings is 1. The lowest BCUT2D eigenvalue weighted by atomic mass is 10.1. The summed E-state index contributed by atoms with van der Waals surface area (Å²) in [6.07, 6.45) is 7.93. The van der Waals surface area contributed by atoms with Gasteiger partial charge in [-0.1, -0.05) is 6.92 Å². The molecule has 1 aliphatic heterocycles. The average molecular weight is 369 g/mol. The predicted molar refractivity (Wildman–Crippen MR) is 103 cm³/mol. The number of rotatable bonds is 7. The Morgan fingerprint density at radius 1 is 1.26 bits per heavy atom. The maximum absolute atomic E-state index is 13.0. The van der Waals surface area contributed by atoms with Crippen molar-refractivity contribution in [1.29, 1.82) is 0 Å². The van der Waals surface area contributed by atoms with Crippen molar-refractivity contribution in [3.8, 4) is 0 Å². The molecular weight excluding hydrogens is 342 g/mol. The van der Waals surface area contributed by atoms with E-state index in [1.54, 1.807) is 24.3 Å². The molecular formula is C20H27N5O2. The molecule has 0 bridgehead atoms. The number of hydrogen-bond acceptors (Lipinski definition) is 4. The van der Waals surface area contributed by atoms with Crippen LogP contribution in [0.1, 0.15) is 58.6 Å². The van der Waals surface area contributed by atoms with Crippen molar-refractivity contribution in [2.45, 2.75) is 45.6 Å². The molecule has 144 valence electrons. The van der Waals surface area contributed by atoms with Crippen LogP contribution in [0.15, 0.2) is 24.5 Å². The topological polar surface area (TPSA) is 80.1 Å². The monoisotopic (exact) mass is 369 g/mol. The zero-order valence-electron chi connectivity index (χ0n) is 16.1. The predicted octanol–water partition coefficient (Wildman–Crippen LogP) is 2.07. The first-order valence-corrected chi connectivity index (χ1v) is 9.63. The van der Waals surface area contributed by atoms with Crippen molar-refractivity contribution in [3.63, 3.8) is 0 Å². The van der Waals surface area contributed by atoms with Gasteiger partial charge in [0, 0.05) is 39.1 Å². The molecule has 0 radical (unpaired) electrons. The number of nitrogens with zero attached hydrogens (tertiary/aromatic N) is 4. The van der Waals surface area contributed by atoms with Gasteiger partial charge in [-0.05, 0) is 49.8 Å². The van der Waals surface area contributed by atoms with Crippen molar-refractivity contribution >= 4 is 11.8 Å². The summed E-state index contributed by atoms with van der Waals surface area (Å²) < 4.78 is 1.93. The maximum atomic E-state index is 13.0. The quantitative estimate of drug-likeness (QED) is 0.810. The molecule has 2 aromatic heterocycles. The highest BCUT2D eigenvalue weighted by Gasteiger charge is 2.28. The molecule has 2 amide bonds. The van der Waals surface area contributed by atoms with Crippen molar-refractivity contribution in [3.05, 3.63) is 47.3 Å². The molecule has 0 aliphatic carbocycles. The lowest BCUT2D eigenvalue weighted by molar-refractivity contribution is 0.0789. The number of hydrogen-bond donors (Lipinski definition) is 1. The lowest BCUT2D eigenvalue weighted by Crippen LogP contribution is -2.30. The fourth-order valence-corrected chi connectivity index (χ4v) is 3.33. The van der Waals surface area contributed by atoms with Gasteiger partial charge in [0.05, 0.1) is 5.69 Å². The number of amides is 2. The van der Waals surface area contributed by atoms with Crippen molar-refractivity contribution < 1.29 is 9.59 Å². The molecule has 0 unspecified atom stereocenters. The van der Waals surface area contributed by atoms with Gasteiger partial charge in [-0.15, -0.1) is 0 Å². The second-order valence-electron chi connectivity index (χ2n) is 6.93. The number of carbonyl (C=O) groups is 2. The van der Waals surface area contributed by atoms with E-state index in [0.717, 1.165) is 49.9 Å². The first-order chi connectivity index (χ1) is 13.1. The van der Waals surface area contributed by atoms with Crippen LogP contribution in [0.25, 0.3) is 0 Å². The summed E-state index contributed by atoms with van der Waals surface area (Å²) in [5.41, 5.74) is 2.45. The molecule has 7 heteroatoms. The largest absolute Gasteiger partial charge is 0.349 e. The first-order valence-electron chi connectivity index (χ1n) is 9.63. The Hall–Kier alpha value is -2.70. The van der Waals surface area contributed by atoms with Gasteiger partial charge in [-0.2, -0.15) is 0 Å². The zero-order chi connectivity index (χ0) is 19.2. The van der Waals surface area contributed by atoms with Crippen LogP contribution < -0.4 is 5.32 Å². The molecule has 27 heavy (non-hydrogen) atoms. The molecule has 7 nitrogen and oxygen atoms in total. The Bertz CT molecular complexity index is 800. The van der Waals surface area contributed by atoms with Crippen LogP contribution in [0, 0.1) is 0 Å². The van der Waals surface area contributed by atoms with Gasteiger partial charge in [-0.3, -0.25) is 14.6 Å². The number of likely N-dealkylation sites (N-methyl/N-ethyl adjacent to an activating group) is 1. The normalized spacial score (nSPS) is 13.1. The van der Waals surface area contributed by atoms with E-state index in [-0.39, 0.29) is 11.8 Å². The van der Waals surface area contributed by atoms with Gasteiger partial charge in [0.15, 0.2) is 5.82 Å². The second kappa shape index (κ2) is 8.79. The minimum absolute atomic E-state index is 0.121. The highest BCUT2D eigenvalue weighted by molar-refractivity contribution is 5.97. The van der Waals surface area contributed by atoms with E-state index in [1.807, 2.05) is 23.6 Å². The highest BCUT2D eigenvalue weighted by Crippen LogP contribution is 2.22. The Labute approximate surface area is 159 Å². The van der Waals surface area contributed by atoms with Crippen LogP contribution in [0.2, 0.25) is 0 Å². The van der Waals surface area contributed by atoms with Gasteiger partial charge >= 0.3 is 0 Å². The highest BCUT2D eigenvalue weighted by atomic mass is 16.2. The molecule has 1 aliphatic rings. The van der Waals surface area contributed by atoms with E-state index in [2.05, 4.69) is 15.3 Å². The van der Waals surface area contributed by atoms with Crippen LogP contribution >= 0.6 is 0 Å². The molecule has 0 atom stereocenters. The summed E-state index contributed by atoms with van der Waals surface area (Å²) in [7, 11) is 1.79. The lowest BCUT2D eigenvalue weighted by Gasteiger charge is -2.19. The SMILES string of the molecule is CCCNC(=O)c1nc(C(=O)N(C)CCc2ccncc2)c2n1CCCC2. The smallest absolute Gasteiger partial charge is 0.287 e. The van der Waals surface area contributed by atoms with Crippen molar-refractivity contribution in [2.75, 3.05) is 20.1 Å². The molecule has 3 rings (SSSR count). The minimum Gasteiger partial charge on any atom is -0.349 e. The summed E-state index contributed by atoms with van der Waals surface area (Å²) >= 11 is 0. The third-order valence-electron chi connectivity index (χ3n) is 4.89. The Morgan fingerprint density at radius 3 is 2.78 bits per heavy atom. The van der Waals surface area contributed by atoms with Gasteiger partial charge in [-0.25, -0.2) is 4.98 Å². The van der Waals surface area contributed by atoms with Crippen LogP contribution in [-0.4, -0.2) is 51.4 Å². The van der Waals surface area contributed by atoms with E-state index in [1.165, 1.54) is 0 Å². The third kappa shape index (κ3) is 4.35. The molecule has 0 aromatic carbocycles. The standard InChI is InChI=1S/C20H27N5O2/c1-3-10-22-19(26)18-23-17(16-6-4-5-13-25(16)18)20(27)24(2)14-9-15-7-11-21-12-8-15/h7-8,11-12H,3-6,9-10,13-14H2,1-2H3,(H,22,26). The first kappa shape index (κ1) is 19.1. The van der Waals surface area contributed by atoms with Gasteiger partial charge in [0.2, 0.25) is 0 Å². The Kier molecular flexibility index (Phi) is 6.21. The minimum atomic E-state index is -0.196. The maximum Gasteiger partial charge on any atom is 0.287 e. The van der Waals surface area contributed by atoms with E-state index in [9.17, 15) is 9.59 Å². The van der Waals surface area contributed by atoms with Crippen LogP contribution in [0.3, 0.4) is 0 Å². The van der Waals surface area contributed by atoms with E-state index < -0.39 is 0 Å². The van der Waals surface area contributed by atoms with Crippen LogP contribution in [0.5, 0.6) is 0 Å². The molecule has 0 saturated heterocycles. The van der Waals surface area contributed by atoms with Crippen molar-refractivity contribution in [1.82, 2.24) is 24.8 Å². The Morgan fingerprint density at radius 2 is 2.04 bits per heavy atom. The molecule has 0 spiro atoms. The van der Waals surface area contributed by atoms with Crippen LogP contribution in [0.4, 0.5) is 0 Å². The summed E-state index contributed by atoms with van der Waals surface area (Å²) in [6.45, 7) is 3.95. The molecule has 1 N–H and O–H groups in total. The van der Waals surface area contributed by atoms with Crippen molar-refractivity contribution in [2.24, 2.45) is 0 Å². The number of carbonyl (C=O) groups excluding carboxylic acids is 2. The van der Waals surface area contributed by atoms with E-state index in [4.69, 9.17) is 0 Å². The van der Waals surface area contributed by atoms with E-state index in [0.29, 0.717) is 24.6 Å². The average Bonchev–Trinajstić information content (AvgIpc) is 3.10. The van der Waals surface area contributed by atoms with Crippen LogP contribution in [-0.2, 0) is 19.4 Å². The number of aromatic nitrogens is 3. The number of imidazole rings is 1. The summed E-state index contributed by atoms with van der Waals surface area (Å²) in [5, 5.41) is 2.87. The second-order valence-corrected chi connectivity index (χ2v) is 6.93. The van der Waals surface area contributed by atoms with Gasteiger partial charge < -0.3 is 14.8 Å². The number of nitrogens with one attached hydrogen (secondary N) is 1. The molecule has 3 heterocycles. The Balaban J connectivity index is 1.77. The fraction of sp³-hybridized carbons (Fsp3) is 0.500. The third-order valence-corrected chi connectivity index (χ3v) is 4.89. The molecule has 2 aromatic rings. The zero-order valence-corrected chi connectivity index (χ0v) is 16.1. The summed E-state index contributed by atoms with van der Waals surface area (Å²) in [4.78, 5) is 35.6. The summed E-state index contributed by atoms with van der Waals surface area (Å²) in [5.74, 6) is 0.0479. The van der Waals surface area contributed by atoms with Gasteiger partial charge in [0.25, 0.3) is 11.8 Å². The summed E-state index contributed by atoms with van der Waals surface area (Å²) in [6, 6.07) is 3.90. The molecule has 0 saturated carbocycles. The molecule has 0 fully saturated rings. The van der Waals surface area contributed by atoms with E-state index >= 15 is 0 Å². The van der Waals surface area contributed by atoms with Gasteiger partial charge in [0.1, 0.15) is 5.69 Å². The number of fused-ring (bicyclic) bond motifs is 1. The fourth-order valence-electron chi connectivity index (χ4n) is 3.33.